The van der Waals surface area contributed by atoms with E-state index < -0.39 is 0 Å². The van der Waals surface area contributed by atoms with Crippen LogP contribution in [-0.4, -0.2) is 24.3 Å². The molecule has 0 aromatic rings. The topological polar surface area (TPSA) is 32.3 Å². The molecule has 0 amide bonds. The summed E-state index contributed by atoms with van der Waals surface area (Å²) in [5.41, 5.74) is 0. The highest BCUT2D eigenvalue weighted by Gasteiger charge is 1.99. The monoisotopic (exact) mass is 145 g/mol. The zero-order valence-electron chi connectivity index (χ0n) is 7.06. The smallest absolute Gasteiger partial charge is 0.0664 e. The van der Waals surface area contributed by atoms with E-state index in [1.807, 2.05) is 0 Å². The molecule has 0 saturated heterocycles. The van der Waals surface area contributed by atoms with Gasteiger partial charge in [0, 0.05) is 6.54 Å². The Kier molecular flexibility index (Phi) is 6.98. The highest BCUT2D eigenvalue weighted by atomic mass is 16.3. The average molecular weight is 145 g/mol. The summed E-state index contributed by atoms with van der Waals surface area (Å²) in [7, 11) is 0. The van der Waals surface area contributed by atoms with Gasteiger partial charge in [-0.05, 0) is 19.4 Å². The number of nitrogens with one attached hydrogen (secondary N) is 1. The lowest BCUT2D eigenvalue weighted by molar-refractivity contribution is 0.161. The minimum absolute atomic E-state index is 0.142. The summed E-state index contributed by atoms with van der Waals surface area (Å²) in [6, 6.07) is 0. The molecule has 1 atom stereocenters. The highest BCUT2D eigenvalue weighted by molar-refractivity contribution is 4.57. The van der Waals surface area contributed by atoms with Gasteiger partial charge in [-0.3, -0.25) is 0 Å². The first-order valence-corrected chi connectivity index (χ1v) is 4.20. The van der Waals surface area contributed by atoms with Gasteiger partial charge in [-0.15, -0.1) is 0 Å². The van der Waals surface area contributed by atoms with E-state index in [0.717, 1.165) is 32.4 Å². The number of hydrogen-bond donors (Lipinski definition) is 2. The Hall–Kier alpha value is -0.0800. The predicted molar refractivity (Wildman–Crippen MR) is 44.1 cm³/mol. The highest BCUT2D eigenvalue weighted by Crippen LogP contribution is 1.93. The molecule has 2 heteroatoms. The summed E-state index contributed by atoms with van der Waals surface area (Å²) in [5.74, 6) is 0. The molecular formula is C8H19NO. The lowest BCUT2D eigenvalue weighted by Crippen LogP contribution is -2.26. The van der Waals surface area contributed by atoms with E-state index in [0.29, 0.717) is 0 Å². The normalized spacial score (nSPS) is 13.5. The number of rotatable bonds is 6. The second kappa shape index (κ2) is 7.03. The molecule has 0 fully saturated rings. The van der Waals surface area contributed by atoms with Crippen LogP contribution < -0.4 is 5.32 Å². The van der Waals surface area contributed by atoms with Gasteiger partial charge in [-0.25, -0.2) is 0 Å². The van der Waals surface area contributed by atoms with Crippen molar-refractivity contribution >= 4 is 0 Å². The molecule has 0 aromatic carbocycles. The van der Waals surface area contributed by atoms with Gasteiger partial charge >= 0.3 is 0 Å². The second-order valence-electron chi connectivity index (χ2n) is 2.65. The summed E-state index contributed by atoms with van der Waals surface area (Å²) in [5, 5.41) is 12.4. The Morgan fingerprint density at radius 1 is 1.30 bits per heavy atom. The van der Waals surface area contributed by atoms with Crippen LogP contribution in [0.5, 0.6) is 0 Å². The minimum Gasteiger partial charge on any atom is -0.392 e. The minimum atomic E-state index is -0.142. The molecule has 0 heterocycles. The van der Waals surface area contributed by atoms with Gasteiger partial charge in [0.15, 0.2) is 0 Å². The van der Waals surface area contributed by atoms with Crippen LogP contribution in [0.1, 0.15) is 33.1 Å². The maximum absolute atomic E-state index is 9.21. The van der Waals surface area contributed by atoms with Crippen LogP contribution in [0.3, 0.4) is 0 Å². The van der Waals surface area contributed by atoms with Crippen LogP contribution in [0.2, 0.25) is 0 Å². The van der Waals surface area contributed by atoms with Gasteiger partial charge in [0.1, 0.15) is 0 Å². The maximum atomic E-state index is 9.21. The number of hydrogen-bond acceptors (Lipinski definition) is 2. The van der Waals surface area contributed by atoms with Crippen LogP contribution in [-0.2, 0) is 0 Å². The molecule has 0 spiro atoms. The lowest BCUT2D eigenvalue weighted by atomic mass is 10.2. The summed E-state index contributed by atoms with van der Waals surface area (Å²) in [6.45, 7) is 5.98. The van der Waals surface area contributed by atoms with Crippen molar-refractivity contribution in [1.29, 1.82) is 0 Å². The first kappa shape index (κ1) is 9.92. The fraction of sp³-hybridized carbons (Fsp3) is 1.00. The molecule has 0 bridgehead atoms. The van der Waals surface area contributed by atoms with Crippen molar-refractivity contribution in [3.8, 4) is 0 Å². The van der Waals surface area contributed by atoms with Crippen LogP contribution in [0.15, 0.2) is 0 Å². The average Bonchev–Trinajstić information content (AvgIpc) is 1.89. The Morgan fingerprint density at radius 2 is 2.00 bits per heavy atom. The van der Waals surface area contributed by atoms with Gasteiger partial charge in [0.2, 0.25) is 0 Å². The molecule has 0 aliphatic rings. The third kappa shape index (κ3) is 6.05. The van der Waals surface area contributed by atoms with E-state index >= 15 is 0 Å². The number of aliphatic hydroxyl groups excluding tert-OH is 1. The van der Waals surface area contributed by atoms with Crippen molar-refractivity contribution in [2.24, 2.45) is 0 Å². The van der Waals surface area contributed by atoms with Gasteiger partial charge in [0.05, 0.1) is 6.10 Å². The molecule has 1 unspecified atom stereocenters. The van der Waals surface area contributed by atoms with Crippen LogP contribution in [0.25, 0.3) is 0 Å². The molecule has 2 N–H and O–H groups in total. The molecule has 2 nitrogen and oxygen atoms in total. The van der Waals surface area contributed by atoms with Crippen molar-refractivity contribution in [3.63, 3.8) is 0 Å². The fourth-order valence-corrected chi connectivity index (χ4v) is 0.881. The molecule has 0 aliphatic carbocycles. The summed E-state index contributed by atoms with van der Waals surface area (Å²) in [4.78, 5) is 0. The van der Waals surface area contributed by atoms with E-state index in [-0.39, 0.29) is 6.10 Å². The Labute approximate surface area is 63.6 Å². The second-order valence-corrected chi connectivity index (χ2v) is 2.65. The number of aliphatic hydroxyl groups is 1. The lowest BCUT2D eigenvalue weighted by Gasteiger charge is -2.08. The first-order valence-electron chi connectivity index (χ1n) is 4.20. The van der Waals surface area contributed by atoms with Gasteiger partial charge in [-0.1, -0.05) is 20.3 Å². The standard InChI is InChI=1S/C8H19NO/c1-3-5-8(10)7-9-6-4-2/h8-10H,3-7H2,1-2H3. The SMILES string of the molecule is CCCNCC(O)CCC. The summed E-state index contributed by atoms with van der Waals surface area (Å²) in [6.07, 6.45) is 2.97. The van der Waals surface area contributed by atoms with E-state index in [1.165, 1.54) is 0 Å². The van der Waals surface area contributed by atoms with Crippen molar-refractivity contribution in [1.82, 2.24) is 5.32 Å². The maximum Gasteiger partial charge on any atom is 0.0664 e. The van der Waals surface area contributed by atoms with E-state index in [2.05, 4.69) is 19.2 Å². The molecule has 10 heavy (non-hydrogen) atoms. The third-order valence-electron chi connectivity index (χ3n) is 1.43. The molecular weight excluding hydrogens is 126 g/mol. The molecule has 0 rings (SSSR count). The van der Waals surface area contributed by atoms with E-state index in [1.54, 1.807) is 0 Å². The van der Waals surface area contributed by atoms with Crippen molar-refractivity contribution < 1.29 is 5.11 Å². The van der Waals surface area contributed by atoms with Crippen LogP contribution in [0, 0.1) is 0 Å². The first-order chi connectivity index (χ1) is 4.81. The third-order valence-corrected chi connectivity index (χ3v) is 1.43. The van der Waals surface area contributed by atoms with Crippen molar-refractivity contribution in [3.05, 3.63) is 0 Å². The van der Waals surface area contributed by atoms with Crippen molar-refractivity contribution in [2.75, 3.05) is 13.1 Å². The molecule has 0 radical (unpaired) electrons. The van der Waals surface area contributed by atoms with E-state index in [4.69, 9.17) is 0 Å². The molecule has 0 saturated carbocycles. The Balaban J connectivity index is 2.97. The summed E-state index contributed by atoms with van der Waals surface area (Å²) < 4.78 is 0. The van der Waals surface area contributed by atoms with E-state index in [9.17, 15) is 5.11 Å². The zero-order chi connectivity index (χ0) is 7.82. The quantitative estimate of drug-likeness (QED) is 0.549. The molecule has 62 valence electrons. The largest absolute Gasteiger partial charge is 0.392 e. The summed E-state index contributed by atoms with van der Waals surface area (Å²) >= 11 is 0. The molecule has 0 aromatic heterocycles. The van der Waals surface area contributed by atoms with Crippen molar-refractivity contribution in [2.45, 2.75) is 39.2 Å². The van der Waals surface area contributed by atoms with Gasteiger partial charge in [-0.2, -0.15) is 0 Å². The zero-order valence-corrected chi connectivity index (χ0v) is 7.06. The molecule has 0 aliphatic heterocycles. The fourth-order valence-electron chi connectivity index (χ4n) is 0.881. The van der Waals surface area contributed by atoms with Crippen LogP contribution >= 0.6 is 0 Å². The van der Waals surface area contributed by atoms with Crippen LogP contribution in [0.4, 0.5) is 0 Å². The van der Waals surface area contributed by atoms with Gasteiger partial charge < -0.3 is 10.4 Å². The Morgan fingerprint density at radius 3 is 2.50 bits per heavy atom. The van der Waals surface area contributed by atoms with Gasteiger partial charge in [0.25, 0.3) is 0 Å². The Bertz CT molecular complexity index is 66.3. The predicted octanol–water partition coefficient (Wildman–Crippen LogP) is 1.15.